The van der Waals surface area contributed by atoms with Gasteiger partial charge >= 0.3 is 12.2 Å². The zero-order chi connectivity index (χ0) is 27.2. The third-order valence-corrected chi connectivity index (χ3v) is 5.93. The van der Waals surface area contributed by atoms with Crippen molar-refractivity contribution in [1.29, 1.82) is 0 Å². The summed E-state index contributed by atoms with van der Waals surface area (Å²) in [6.45, 7) is 9.93. The van der Waals surface area contributed by atoms with Crippen molar-refractivity contribution in [3.8, 4) is 0 Å². The van der Waals surface area contributed by atoms with Crippen LogP contribution in [0.1, 0.15) is 51.8 Å². The fourth-order valence-corrected chi connectivity index (χ4v) is 4.17. The molecule has 0 aliphatic carbocycles. The molecule has 0 saturated carbocycles. The molecule has 0 radical (unpaired) electrons. The second-order valence-electron chi connectivity index (χ2n) is 10.2. The molecule has 10 heteroatoms. The number of amides is 3. The third-order valence-electron chi connectivity index (χ3n) is 5.93. The van der Waals surface area contributed by atoms with E-state index < -0.39 is 35.6 Å². The Morgan fingerprint density at radius 2 is 1.62 bits per heavy atom. The lowest BCUT2D eigenvalue weighted by Crippen LogP contribution is -2.61. The molecule has 0 bridgehead atoms. The van der Waals surface area contributed by atoms with E-state index >= 15 is 0 Å². The Bertz CT molecular complexity index is 1070. The van der Waals surface area contributed by atoms with E-state index in [4.69, 9.17) is 9.47 Å². The molecule has 2 aromatic carbocycles. The van der Waals surface area contributed by atoms with Gasteiger partial charge in [-0.05, 0) is 57.9 Å². The van der Waals surface area contributed by atoms with E-state index in [2.05, 4.69) is 10.9 Å². The summed E-state index contributed by atoms with van der Waals surface area (Å²) < 4.78 is 24.3. The molecule has 1 aliphatic rings. The van der Waals surface area contributed by atoms with Gasteiger partial charge in [0.1, 0.15) is 24.1 Å². The van der Waals surface area contributed by atoms with Crippen molar-refractivity contribution < 1.29 is 28.2 Å². The minimum atomic E-state index is -0.853. The molecule has 1 aliphatic heterocycles. The van der Waals surface area contributed by atoms with Crippen LogP contribution in [0.5, 0.6) is 0 Å². The van der Waals surface area contributed by atoms with Crippen LogP contribution in [0.3, 0.4) is 0 Å². The third kappa shape index (κ3) is 7.91. The first-order chi connectivity index (χ1) is 17.4. The zero-order valence-corrected chi connectivity index (χ0v) is 21.9. The second kappa shape index (κ2) is 12.1. The Labute approximate surface area is 216 Å². The van der Waals surface area contributed by atoms with Crippen LogP contribution in [0.4, 0.5) is 14.0 Å². The molecular formula is C27H35FN4O5. The minimum absolute atomic E-state index is 0.0467. The lowest BCUT2D eigenvalue weighted by Gasteiger charge is -2.46. The number of nitrogens with zero attached hydrogens (tertiary/aromatic N) is 2. The number of rotatable bonds is 5. The molecule has 2 N–H and O–H groups in total. The summed E-state index contributed by atoms with van der Waals surface area (Å²) in [5.74, 6) is -0.949. The number of hydrogen-bond donors (Lipinski definition) is 2. The second-order valence-corrected chi connectivity index (χ2v) is 10.2. The van der Waals surface area contributed by atoms with Crippen LogP contribution in [-0.2, 0) is 20.9 Å². The molecule has 0 spiro atoms. The van der Waals surface area contributed by atoms with Gasteiger partial charge in [0, 0.05) is 25.2 Å². The Morgan fingerprint density at radius 1 is 0.973 bits per heavy atom. The van der Waals surface area contributed by atoms with Crippen LogP contribution in [0.2, 0.25) is 0 Å². The first kappa shape index (κ1) is 27.9. The largest absolute Gasteiger partial charge is 0.444 e. The summed E-state index contributed by atoms with van der Waals surface area (Å²) in [4.78, 5) is 41.8. The summed E-state index contributed by atoms with van der Waals surface area (Å²) in [6.07, 6.45) is -1.23. The van der Waals surface area contributed by atoms with Crippen molar-refractivity contribution in [3.05, 3.63) is 71.5 Å². The topological polar surface area (TPSA) is 100 Å². The smallest absolute Gasteiger partial charge is 0.426 e. The number of carbonyl (C=O) groups is 3. The quantitative estimate of drug-likeness (QED) is 0.582. The Kier molecular flexibility index (Phi) is 9.09. The summed E-state index contributed by atoms with van der Waals surface area (Å²) in [7, 11) is 0. The summed E-state index contributed by atoms with van der Waals surface area (Å²) >= 11 is 0. The van der Waals surface area contributed by atoms with Crippen LogP contribution in [-0.4, -0.2) is 58.7 Å². The number of piperazine rings is 1. The molecule has 3 rings (SSSR count). The number of ether oxygens (including phenoxy) is 2. The molecule has 1 unspecified atom stereocenters. The van der Waals surface area contributed by atoms with Crippen molar-refractivity contribution in [2.75, 3.05) is 13.1 Å². The Morgan fingerprint density at radius 3 is 2.24 bits per heavy atom. The lowest BCUT2D eigenvalue weighted by atomic mass is 9.99. The first-order valence-electron chi connectivity index (χ1n) is 12.2. The van der Waals surface area contributed by atoms with Gasteiger partial charge in [-0.3, -0.25) is 15.1 Å². The highest BCUT2D eigenvalue weighted by Gasteiger charge is 2.40. The van der Waals surface area contributed by atoms with Crippen LogP contribution in [0.25, 0.3) is 0 Å². The predicted octanol–water partition coefficient (Wildman–Crippen LogP) is 4.15. The van der Waals surface area contributed by atoms with Crippen molar-refractivity contribution in [2.24, 2.45) is 0 Å². The molecule has 9 nitrogen and oxygen atoms in total. The fraction of sp³-hybridized carbons (Fsp3) is 0.444. The van der Waals surface area contributed by atoms with Gasteiger partial charge < -0.3 is 14.4 Å². The molecular weight excluding hydrogens is 479 g/mol. The average molecular weight is 515 g/mol. The molecule has 2 aromatic rings. The average Bonchev–Trinajstić information content (AvgIpc) is 2.84. The SMILES string of the molecule is C[C@@H]1CN(C(=O)OC(C)(C)C)[C@@H](C)CN1C(C(=O)NNC(=O)OCc1ccccc1)c1ccc(F)cc1. The number of benzene rings is 2. The van der Waals surface area contributed by atoms with Crippen molar-refractivity contribution >= 4 is 18.1 Å². The van der Waals surface area contributed by atoms with E-state index in [1.165, 1.54) is 24.3 Å². The maximum absolute atomic E-state index is 13.6. The Hall–Kier alpha value is -3.66. The highest BCUT2D eigenvalue weighted by molar-refractivity contribution is 5.85. The predicted molar refractivity (Wildman–Crippen MR) is 136 cm³/mol. The van der Waals surface area contributed by atoms with Gasteiger partial charge in [0.15, 0.2) is 0 Å². The van der Waals surface area contributed by atoms with Crippen LogP contribution >= 0.6 is 0 Å². The van der Waals surface area contributed by atoms with Crippen LogP contribution in [0.15, 0.2) is 54.6 Å². The Balaban J connectivity index is 1.71. The standard InChI is InChI=1S/C27H35FN4O5/c1-18-16-32(26(35)37-27(3,4)5)19(2)15-31(18)23(21-11-13-22(28)14-12-21)24(33)29-30-25(34)36-17-20-9-7-6-8-10-20/h6-14,18-19,23H,15-17H2,1-5H3,(H,29,33)(H,30,34)/t18-,19+,23?/m1/s1. The van der Waals surface area contributed by atoms with Gasteiger partial charge in [-0.25, -0.2) is 19.4 Å². The maximum atomic E-state index is 13.6. The van der Waals surface area contributed by atoms with Crippen molar-refractivity contribution in [3.63, 3.8) is 0 Å². The molecule has 3 amide bonds. The number of hydrogen-bond acceptors (Lipinski definition) is 6. The molecule has 1 fully saturated rings. The molecule has 1 heterocycles. The van der Waals surface area contributed by atoms with Gasteiger partial charge in [0.25, 0.3) is 5.91 Å². The van der Waals surface area contributed by atoms with E-state index in [1.807, 2.05) is 69.9 Å². The normalized spacial score (nSPS) is 19.0. The van der Waals surface area contributed by atoms with Gasteiger partial charge in [0.05, 0.1) is 0 Å². The maximum Gasteiger partial charge on any atom is 0.426 e. The van der Waals surface area contributed by atoms with Gasteiger partial charge in [-0.1, -0.05) is 42.5 Å². The molecule has 37 heavy (non-hydrogen) atoms. The van der Waals surface area contributed by atoms with E-state index in [0.29, 0.717) is 18.7 Å². The molecule has 200 valence electrons. The van der Waals surface area contributed by atoms with E-state index in [9.17, 15) is 18.8 Å². The lowest BCUT2D eigenvalue weighted by molar-refractivity contribution is -0.130. The number of hydrazine groups is 1. The number of halogens is 1. The summed E-state index contributed by atoms with van der Waals surface area (Å²) in [6, 6.07) is 13.4. The number of nitrogens with one attached hydrogen (secondary N) is 2. The minimum Gasteiger partial charge on any atom is -0.444 e. The zero-order valence-electron chi connectivity index (χ0n) is 21.9. The van der Waals surface area contributed by atoms with E-state index in [0.717, 1.165) is 5.56 Å². The van der Waals surface area contributed by atoms with Gasteiger partial charge in [0.2, 0.25) is 0 Å². The highest BCUT2D eigenvalue weighted by Crippen LogP contribution is 2.29. The van der Waals surface area contributed by atoms with Gasteiger partial charge in [-0.2, -0.15) is 0 Å². The first-order valence-corrected chi connectivity index (χ1v) is 12.2. The van der Waals surface area contributed by atoms with Crippen molar-refractivity contribution in [1.82, 2.24) is 20.7 Å². The van der Waals surface area contributed by atoms with Crippen LogP contribution < -0.4 is 10.9 Å². The molecule has 3 atom stereocenters. The van der Waals surface area contributed by atoms with Gasteiger partial charge in [-0.15, -0.1) is 0 Å². The highest BCUT2D eigenvalue weighted by atomic mass is 19.1. The van der Waals surface area contributed by atoms with Crippen LogP contribution in [0, 0.1) is 5.82 Å². The summed E-state index contributed by atoms with van der Waals surface area (Å²) in [5, 5.41) is 0. The monoisotopic (exact) mass is 514 g/mol. The van der Waals surface area contributed by atoms with Crippen molar-refractivity contribution in [2.45, 2.75) is 65.0 Å². The van der Waals surface area contributed by atoms with E-state index in [1.54, 1.807) is 4.90 Å². The summed E-state index contributed by atoms with van der Waals surface area (Å²) in [5.41, 5.74) is 5.43. The fourth-order valence-electron chi connectivity index (χ4n) is 4.17. The number of carbonyl (C=O) groups excluding carboxylic acids is 3. The molecule has 1 saturated heterocycles. The molecule has 0 aromatic heterocycles. The van der Waals surface area contributed by atoms with E-state index in [-0.39, 0.29) is 18.7 Å².